The molecule has 1 aliphatic rings. The zero-order valence-corrected chi connectivity index (χ0v) is 14.5. The quantitative estimate of drug-likeness (QED) is 0.687. The summed E-state index contributed by atoms with van der Waals surface area (Å²) in [5.74, 6) is 1.78. The van der Waals surface area contributed by atoms with Gasteiger partial charge in [0.2, 0.25) is 5.82 Å². The molecule has 27 heavy (non-hydrogen) atoms. The standard InChI is InChI=1S/C18H17N5O4/c1-25-17-8-11(5-6-15(17)26-10-18-19-22-23-20-18)14-9-16(27-21-14)12-3-2-4-13(24)7-12/h2-8,16,24H,9-10H2,1H3,(H,19,20,22,23). The number of methoxy groups -OCH3 is 1. The van der Waals surface area contributed by atoms with E-state index in [2.05, 4.69) is 25.8 Å². The number of tetrazole rings is 1. The van der Waals surface area contributed by atoms with Crippen LogP contribution in [0.1, 0.15) is 29.5 Å². The highest BCUT2D eigenvalue weighted by atomic mass is 16.6. The molecule has 0 fully saturated rings. The fraction of sp³-hybridized carbons (Fsp3) is 0.222. The number of phenols is 1. The molecule has 2 aromatic carbocycles. The minimum Gasteiger partial charge on any atom is -0.508 e. The third-order valence-electron chi connectivity index (χ3n) is 4.15. The molecule has 138 valence electrons. The molecule has 0 aliphatic carbocycles. The van der Waals surface area contributed by atoms with Gasteiger partial charge >= 0.3 is 0 Å². The molecule has 0 saturated carbocycles. The van der Waals surface area contributed by atoms with Crippen molar-refractivity contribution in [1.29, 1.82) is 0 Å². The third kappa shape index (κ3) is 3.66. The second kappa shape index (κ2) is 7.32. The lowest BCUT2D eigenvalue weighted by molar-refractivity contribution is 0.0856. The Bertz CT molecular complexity index is 958. The molecule has 0 saturated heterocycles. The maximum atomic E-state index is 9.64. The number of oxime groups is 1. The molecule has 9 nitrogen and oxygen atoms in total. The van der Waals surface area contributed by atoms with Crippen LogP contribution in [0, 0.1) is 0 Å². The molecule has 9 heteroatoms. The molecule has 1 atom stereocenters. The van der Waals surface area contributed by atoms with Crippen LogP contribution >= 0.6 is 0 Å². The van der Waals surface area contributed by atoms with E-state index < -0.39 is 0 Å². The number of hydrogen-bond acceptors (Lipinski definition) is 8. The highest BCUT2D eigenvalue weighted by Crippen LogP contribution is 2.34. The summed E-state index contributed by atoms with van der Waals surface area (Å²) in [4.78, 5) is 5.54. The number of nitrogens with zero attached hydrogens (tertiary/aromatic N) is 4. The van der Waals surface area contributed by atoms with Crippen LogP contribution in [0.4, 0.5) is 0 Å². The summed E-state index contributed by atoms with van der Waals surface area (Å²) in [5.41, 5.74) is 2.55. The Kier molecular flexibility index (Phi) is 4.56. The minimum atomic E-state index is -0.229. The largest absolute Gasteiger partial charge is 0.508 e. The van der Waals surface area contributed by atoms with E-state index in [1.807, 2.05) is 18.2 Å². The predicted octanol–water partition coefficient (Wildman–Crippen LogP) is 2.36. The molecule has 1 aromatic heterocycles. The first kappa shape index (κ1) is 16.8. The Hall–Kier alpha value is -3.62. The van der Waals surface area contributed by atoms with E-state index in [1.54, 1.807) is 31.4 Å². The van der Waals surface area contributed by atoms with E-state index in [-0.39, 0.29) is 18.5 Å². The van der Waals surface area contributed by atoms with Crippen LogP contribution < -0.4 is 9.47 Å². The lowest BCUT2D eigenvalue weighted by atomic mass is 10.00. The van der Waals surface area contributed by atoms with E-state index in [1.165, 1.54) is 0 Å². The predicted molar refractivity (Wildman–Crippen MR) is 94.6 cm³/mol. The summed E-state index contributed by atoms with van der Waals surface area (Å²) in [5, 5.41) is 27.4. The van der Waals surface area contributed by atoms with Gasteiger partial charge in [-0.3, -0.25) is 0 Å². The number of benzene rings is 2. The third-order valence-corrected chi connectivity index (χ3v) is 4.15. The first-order valence-electron chi connectivity index (χ1n) is 8.28. The highest BCUT2D eigenvalue weighted by Gasteiger charge is 2.25. The van der Waals surface area contributed by atoms with Crippen LogP contribution in [0.5, 0.6) is 17.2 Å². The first-order valence-corrected chi connectivity index (χ1v) is 8.28. The molecule has 3 aromatic rings. The Morgan fingerprint density at radius 1 is 1.22 bits per heavy atom. The van der Waals surface area contributed by atoms with Crippen molar-refractivity contribution in [3.05, 3.63) is 59.4 Å². The minimum absolute atomic E-state index is 0.176. The van der Waals surface area contributed by atoms with Crippen molar-refractivity contribution in [2.24, 2.45) is 5.16 Å². The maximum Gasteiger partial charge on any atom is 0.211 e. The van der Waals surface area contributed by atoms with Crippen molar-refractivity contribution in [3.8, 4) is 17.2 Å². The van der Waals surface area contributed by atoms with Crippen LogP contribution in [-0.4, -0.2) is 38.6 Å². The van der Waals surface area contributed by atoms with Gasteiger partial charge in [-0.1, -0.05) is 22.5 Å². The summed E-state index contributed by atoms with van der Waals surface area (Å²) in [6.07, 6.45) is 0.364. The second-order valence-electron chi connectivity index (χ2n) is 5.91. The SMILES string of the molecule is COc1cc(C2=NOC(c3cccc(O)c3)C2)ccc1OCc1nn[nH]n1. The monoisotopic (exact) mass is 367 g/mol. The molecule has 1 aliphatic heterocycles. The second-order valence-corrected chi connectivity index (χ2v) is 5.91. The van der Waals surface area contributed by atoms with Crippen LogP contribution in [0.15, 0.2) is 47.6 Å². The van der Waals surface area contributed by atoms with Crippen LogP contribution in [-0.2, 0) is 11.4 Å². The van der Waals surface area contributed by atoms with E-state index in [4.69, 9.17) is 14.3 Å². The van der Waals surface area contributed by atoms with Crippen molar-refractivity contribution in [2.75, 3.05) is 7.11 Å². The Balaban J connectivity index is 1.47. The summed E-state index contributed by atoms with van der Waals surface area (Å²) in [6.45, 7) is 0.176. The first-order chi connectivity index (χ1) is 13.2. The molecule has 0 amide bonds. The van der Waals surface area contributed by atoms with Crippen LogP contribution in [0.2, 0.25) is 0 Å². The van der Waals surface area contributed by atoms with Gasteiger partial charge in [-0.2, -0.15) is 5.21 Å². The normalized spacial score (nSPS) is 15.9. The Labute approximate surface area is 154 Å². The number of H-pyrrole nitrogens is 1. The van der Waals surface area contributed by atoms with E-state index in [9.17, 15) is 5.11 Å². The fourth-order valence-corrected chi connectivity index (χ4v) is 2.80. The summed E-state index contributed by atoms with van der Waals surface area (Å²) >= 11 is 0. The summed E-state index contributed by atoms with van der Waals surface area (Å²) < 4.78 is 11.1. The lowest BCUT2D eigenvalue weighted by Gasteiger charge is -2.11. The number of ether oxygens (including phenoxy) is 2. The average molecular weight is 367 g/mol. The molecular weight excluding hydrogens is 350 g/mol. The highest BCUT2D eigenvalue weighted by molar-refractivity contribution is 6.01. The van der Waals surface area contributed by atoms with Crippen molar-refractivity contribution in [1.82, 2.24) is 20.6 Å². The topological polar surface area (TPSA) is 115 Å². The van der Waals surface area contributed by atoms with Crippen LogP contribution in [0.3, 0.4) is 0 Å². The van der Waals surface area contributed by atoms with E-state index in [0.29, 0.717) is 23.7 Å². The van der Waals surface area contributed by atoms with E-state index >= 15 is 0 Å². The van der Waals surface area contributed by atoms with Crippen molar-refractivity contribution in [3.63, 3.8) is 0 Å². The molecule has 4 rings (SSSR count). The fourth-order valence-electron chi connectivity index (χ4n) is 2.80. The number of hydrogen-bond donors (Lipinski definition) is 2. The van der Waals surface area contributed by atoms with Gasteiger partial charge in [-0.25, -0.2) is 0 Å². The molecule has 0 spiro atoms. The number of aromatic hydroxyl groups is 1. The Morgan fingerprint density at radius 3 is 2.93 bits per heavy atom. The number of phenolic OH excluding ortho intramolecular Hbond substituents is 1. The van der Waals surface area contributed by atoms with Gasteiger partial charge in [0.15, 0.2) is 24.2 Å². The molecule has 1 unspecified atom stereocenters. The van der Waals surface area contributed by atoms with Gasteiger partial charge in [0.1, 0.15) is 5.75 Å². The van der Waals surface area contributed by atoms with Gasteiger partial charge < -0.3 is 19.4 Å². The smallest absolute Gasteiger partial charge is 0.211 e. The number of rotatable bonds is 6. The molecule has 0 bridgehead atoms. The van der Waals surface area contributed by atoms with Crippen molar-refractivity contribution in [2.45, 2.75) is 19.1 Å². The zero-order chi connectivity index (χ0) is 18.6. The lowest BCUT2D eigenvalue weighted by Crippen LogP contribution is -2.04. The van der Waals surface area contributed by atoms with Gasteiger partial charge in [0.05, 0.1) is 12.8 Å². The summed E-state index contributed by atoms with van der Waals surface area (Å²) in [6, 6.07) is 12.5. The maximum absolute atomic E-state index is 9.64. The van der Waals surface area contributed by atoms with Gasteiger partial charge in [0.25, 0.3) is 0 Å². The van der Waals surface area contributed by atoms with Gasteiger partial charge in [-0.05, 0) is 35.9 Å². The Morgan fingerprint density at radius 2 is 2.15 bits per heavy atom. The van der Waals surface area contributed by atoms with Crippen molar-refractivity contribution >= 4 is 5.71 Å². The molecule has 2 N–H and O–H groups in total. The zero-order valence-electron chi connectivity index (χ0n) is 14.5. The van der Waals surface area contributed by atoms with Gasteiger partial charge in [-0.15, -0.1) is 10.2 Å². The molecular formula is C18H17N5O4. The number of nitrogens with one attached hydrogen (secondary N) is 1. The van der Waals surface area contributed by atoms with Crippen molar-refractivity contribution < 1.29 is 19.4 Å². The molecule has 2 heterocycles. The van der Waals surface area contributed by atoms with E-state index in [0.717, 1.165) is 16.8 Å². The number of aromatic nitrogens is 4. The van der Waals surface area contributed by atoms with Gasteiger partial charge in [0, 0.05) is 12.0 Å². The average Bonchev–Trinajstić information content (AvgIpc) is 3.38. The number of aromatic amines is 1. The van der Waals surface area contributed by atoms with Crippen LogP contribution in [0.25, 0.3) is 0 Å². The summed E-state index contributed by atoms with van der Waals surface area (Å²) in [7, 11) is 1.57. The molecule has 0 radical (unpaired) electrons.